The highest BCUT2D eigenvalue weighted by atomic mass is 32.1. The van der Waals surface area contributed by atoms with Crippen molar-refractivity contribution >= 4 is 120 Å². The third-order valence-electron chi connectivity index (χ3n) is 19.1. The van der Waals surface area contributed by atoms with Crippen molar-refractivity contribution in [2.24, 2.45) is 23.3 Å². The Morgan fingerprint density at radius 3 is 1.27 bits per heavy atom. The van der Waals surface area contributed by atoms with Crippen LogP contribution in [0.5, 0.6) is 0 Å². The van der Waals surface area contributed by atoms with Crippen LogP contribution in [-0.4, -0.2) is 23.0 Å². The van der Waals surface area contributed by atoms with E-state index in [1.165, 1.54) is 147 Å². The molecule has 16 heteroatoms. The topological polar surface area (TPSA) is 218 Å². The van der Waals surface area contributed by atoms with Gasteiger partial charge in [-0.1, -0.05) is 200 Å². The van der Waals surface area contributed by atoms with Crippen LogP contribution in [0.4, 0.5) is 5.69 Å². The van der Waals surface area contributed by atoms with Crippen LogP contribution in [0.25, 0.3) is 60.1 Å². The van der Waals surface area contributed by atoms with Crippen LogP contribution in [-0.2, 0) is 12.8 Å². The number of nitriles is 3. The van der Waals surface area contributed by atoms with Gasteiger partial charge in [0, 0.05) is 82.2 Å². The van der Waals surface area contributed by atoms with E-state index in [9.17, 15) is 36.2 Å². The normalized spacial score (nSPS) is 16.8. The third kappa shape index (κ3) is 16.9. The van der Waals surface area contributed by atoms with Crippen LogP contribution in [0.3, 0.4) is 0 Å². The van der Waals surface area contributed by atoms with Gasteiger partial charge in [0.05, 0.1) is 66.3 Å². The summed E-state index contributed by atoms with van der Waals surface area (Å²) >= 11 is 5.81. The molecule has 2 atom stereocenters. The van der Waals surface area contributed by atoms with E-state index < -0.39 is 0 Å². The zero-order valence-electron chi connectivity index (χ0n) is 56.9. The summed E-state index contributed by atoms with van der Waals surface area (Å²) in [6, 6.07) is 27.7. The first kappa shape index (κ1) is 73.2. The fraction of sp³-hybridized carbons (Fsp3) is 0.390. The lowest BCUT2D eigenvalue weighted by atomic mass is 9.86. The largest absolute Gasteiger partial charge is 0.396 e. The minimum absolute atomic E-state index is 0.0291. The second-order valence-corrected chi connectivity index (χ2v) is 30.4. The maximum atomic E-state index is 14.4. The van der Waals surface area contributed by atoms with Crippen LogP contribution in [0, 0.1) is 76.4 Å². The molecule has 3 aliphatic rings. The zero-order chi connectivity index (χ0) is 69.8. The summed E-state index contributed by atoms with van der Waals surface area (Å²) < 4.78 is 2.88. The van der Waals surface area contributed by atoms with E-state index in [2.05, 4.69) is 72.6 Å². The molecule has 4 aromatic heterocycles. The number of carbonyl (C=O) groups is 2. The molecule has 98 heavy (non-hydrogen) atoms. The minimum atomic E-state index is -0.345. The van der Waals surface area contributed by atoms with E-state index in [0.717, 1.165) is 117 Å². The molecule has 9 rings (SSSR count). The Morgan fingerprint density at radius 2 is 0.878 bits per heavy atom. The summed E-state index contributed by atoms with van der Waals surface area (Å²) in [5, 5.41) is 50.2. The molecule has 2 unspecified atom stereocenters. The number of hydrogen-bond donors (Lipinski definition) is 4. The quantitative estimate of drug-likeness (QED) is 0.0138. The fourth-order valence-electron chi connectivity index (χ4n) is 13.9. The molecule has 0 saturated heterocycles. The first-order valence-corrected chi connectivity index (χ1v) is 38.2. The van der Waals surface area contributed by atoms with E-state index >= 15 is 0 Å². The number of Topliss-reactive ketones (excluding diaryl/α,β-unsaturated/α-hetero) is 2. The van der Waals surface area contributed by atoms with Gasteiger partial charge in [0.15, 0.2) is 17.3 Å². The molecule has 2 aromatic carbocycles. The summed E-state index contributed by atoms with van der Waals surface area (Å²) in [4.78, 5) is 42.7. The van der Waals surface area contributed by atoms with Crippen LogP contribution in [0.15, 0.2) is 95.6 Å². The highest BCUT2D eigenvalue weighted by molar-refractivity contribution is 7.16. The molecule has 0 spiro atoms. The zero-order valence-corrected chi connectivity index (χ0v) is 60.2. The summed E-state index contributed by atoms with van der Waals surface area (Å²) in [6.45, 7) is 32.5. The van der Waals surface area contributed by atoms with Crippen LogP contribution >= 0.6 is 45.3 Å². The lowest BCUT2D eigenvalue weighted by Gasteiger charge is -2.22. The molecule has 3 aliphatic carbocycles. The molecule has 12 nitrogen and oxygen atoms in total. The molecule has 500 valence electrons. The van der Waals surface area contributed by atoms with Gasteiger partial charge >= 0.3 is 0 Å². The number of benzene rings is 2. The van der Waals surface area contributed by atoms with E-state index in [1.54, 1.807) is 24.3 Å². The predicted octanol–water partition coefficient (Wildman–Crippen LogP) is 19.3. The highest BCUT2D eigenvalue weighted by Crippen LogP contribution is 2.45. The van der Waals surface area contributed by atoms with E-state index in [4.69, 9.17) is 31.2 Å². The minimum Gasteiger partial charge on any atom is -0.396 e. The standard InChI is InChI=1S/C82H86N10O2S4/c1-8-12-16-20-22-26-30-51(28-24-18-14-10-3)40-54-43-69(97-67(54)46-57-34-38-65(95-57)73-71(63(49-84)91-6)59-36-32-53(48-83)42-61(59)81(73)93)75-77(86)79(88)76(80(89)78(75)87)70-44-55(41-52(29-25-19-15-11-4)31-27-23-21-17-13-9-2)68(98-70)47-58-35-39-66(96-58)74-72(64(50-85)92-7)60-37-33-56(90-5)45-62(60)82(74)94/h32-39,42-47,51-52,86,88H,8-31,40-41,87,89H2,1-4H3/b57-46+,58-47+,71-63-,72-64+,73-65+,74-66+,86-77?,88-79?. The van der Waals surface area contributed by atoms with Crippen molar-refractivity contribution in [3.05, 3.63) is 206 Å². The van der Waals surface area contributed by atoms with Crippen LogP contribution in [0.2, 0.25) is 0 Å². The Morgan fingerprint density at radius 1 is 0.490 bits per heavy atom. The summed E-state index contributed by atoms with van der Waals surface area (Å²) in [5.41, 5.74) is 20.9. The number of thiophene rings is 4. The number of allylic oxidation sites excluding steroid dienone is 6. The van der Waals surface area contributed by atoms with Crippen molar-refractivity contribution in [3.63, 3.8) is 0 Å². The van der Waals surface area contributed by atoms with Crippen molar-refractivity contribution in [1.29, 1.82) is 26.6 Å². The van der Waals surface area contributed by atoms with E-state index in [1.807, 2.05) is 36.4 Å². The maximum absolute atomic E-state index is 14.4. The number of nitrogens with zero attached hydrogens (tertiary/aromatic N) is 6. The van der Waals surface area contributed by atoms with Gasteiger partial charge in [-0.25, -0.2) is 25.1 Å². The molecule has 0 saturated carbocycles. The van der Waals surface area contributed by atoms with E-state index in [-0.39, 0.29) is 73.6 Å². The maximum Gasteiger partial charge on any atom is 0.270 e. The van der Waals surface area contributed by atoms with Gasteiger partial charge < -0.3 is 11.5 Å². The molecule has 0 bridgehead atoms. The number of rotatable bonds is 32. The highest BCUT2D eigenvalue weighted by Gasteiger charge is 2.36. The second kappa shape index (κ2) is 35.4. The molecule has 0 aliphatic heterocycles. The Balaban J connectivity index is 1.17. The van der Waals surface area contributed by atoms with Crippen molar-refractivity contribution in [3.8, 4) is 18.2 Å². The average Bonchev–Trinajstić information content (AvgIpc) is 1.52. The summed E-state index contributed by atoms with van der Waals surface area (Å²) in [5.74, 6) is 0.106. The van der Waals surface area contributed by atoms with Gasteiger partial charge in [-0.3, -0.25) is 20.4 Å². The Labute approximate surface area is 594 Å². The number of unbranched alkanes of at least 4 members (excludes halogenated alkanes) is 16. The molecule has 0 radical (unpaired) electrons. The van der Waals surface area contributed by atoms with Crippen LogP contribution < -0.4 is 29.6 Å². The number of ketones is 2. The lowest BCUT2D eigenvalue weighted by Crippen LogP contribution is -2.29. The molecular formula is C82H86N10O2S4. The molecular weight excluding hydrogens is 1290 g/mol. The van der Waals surface area contributed by atoms with Crippen molar-refractivity contribution in [2.75, 3.05) is 0 Å². The first-order chi connectivity index (χ1) is 47.7. The third-order valence-corrected chi connectivity index (χ3v) is 23.5. The average molecular weight is 1370 g/mol. The number of carbonyl (C=O) groups excluding carboxylic acids is 2. The molecule has 0 amide bonds. The van der Waals surface area contributed by atoms with Gasteiger partial charge in [-0.15, -0.1) is 45.3 Å². The Bertz CT molecular complexity index is 4410. The van der Waals surface area contributed by atoms with Gasteiger partial charge in [0.25, 0.3) is 11.4 Å². The monoisotopic (exact) mass is 1370 g/mol. The fourth-order valence-corrected chi connectivity index (χ4v) is 18.4. The Hall–Kier alpha value is -9.10. The van der Waals surface area contributed by atoms with Gasteiger partial charge in [0.1, 0.15) is 0 Å². The van der Waals surface area contributed by atoms with Crippen molar-refractivity contribution in [2.45, 2.75) is 195 Å². The number of nitrogens with one attached hydrogen (secondary N) is 2. The Kier molecular flexibility index (Phi) is 26.4. The SMILES string of the molecule is [C-]#[N+]/C(C#N)=C1\C(=c2\cc/c(=C\c3sc(C4=C(N)C(N)=C(c5cc(CC(CCCCCC)CCCCCCCC)c(/C=c6\cc/c(=C7\C(=O)c8cc([N+]#[C-])ccc8\C7=C(\C#N)[N+]#[C-])s6)s5)C(=N)C4=N)cc3CC(CCCCCC)CCCCCCCC)s2)C(=O)c2cc(C#N)ccc21. The first-order valence-electron chi connectivity index (χ1n) is 35.0. The van der Waals surface area contributed by atoms with Gasteiger partial charge in [-0.05, 0) is 114 Å². The number of hydrogen-bond acceptors (Lipinski definition) is 13. The number of nitrogens with two attached hydrogens (primary N) is 2. The second-order valence-electron chi connectivity index (χ2n) is 26.0. The molecule has 0 fully saturated rings. The summed E-state index contributed by atoms with van der Waals surface area (Å²) in [7, 11) is 0. The van der Waals surface area contributed by atoms with E-state index in [0.29, 0.717) is 60.0 Å². The predicted molar refractivity (Wildman–Crippen MR) is 406 cm³/mol. The number of fused-ring (bicyclic) bond motifs is 2. The van der Waals surface area contributed by atoms with Gasteiger partial charge in [-0.2, -0.15) is 5.26 Å². The van der Waals surface area contributed by atoms with Crippen LogP contribution in [0.1, 0.15) is 250 Å². The van der Waals surface area contributed by atoms with Crippen molar-refractivity contribution < 1.29 is 9.59 Å². The molecule has 6 N–H and O–H groups in total. The summed E-state index contributed by atoms with van der Waals surface area (Å²) in [6.07, 6.45) is 33.8. The smallest absolute Gasteiger partial charge is 0.270 e. The molecule has 4 heterocycles. The van der Waals surface area contributed by atoms with Gasteiger partial charge in [0.2, 0.25) is 0 Å². The lowest BCUT2D eigenvalue weighted by molar-refractivity contribution is 0.105. The molecule has 6 aromatic rings. The van der Waals surface area contributed by atoms with Crippen molar-refractivity contribution in [1.82, 2.24) is 0 Å².